The van der Waals surface area contributed by atoms with E-state index in [-0.39, 0.29) is 26.7 Å². The summed E-state index contributed by atoms with van der Waals surface area (Å²) >= 11 is 12.8. The second kappa shape index (κ2) is 8.32. The van der Waals surface area contributed by atoms with Gasteiger partial charge in [-0.1, -0.05) is 41.0 Å². The first-order valence-electron chi connectivity index (χ1n) is 6.85. The summed E-state index contributed by atoms with van der Waals surface area (Å²) in [5.74, 6) is -2.65. The molecule has 1 aromatic carbocycles. The molecule has 0 aliphatic carbocycles. The van der Waals surface area contributed by atoms with Crippen LogP contribution in [0.1, 0.15) is 6.92 Å². The Morgan fingerprint density at radius 3 is 2.48 bits per heavy atom. The Kier molecular flexibility index (Phi) is 6.40. The van der Waals surface area contributed by atoms with Crippen molar-refractivity contribution in [1.29, 1.82) is 0 Å². The lowest BCUT2D eigenvalue weighted by molar-refractivity contribution is -0.134. The molecule has 1 aliphatic rings. The number of hydrogen-bond donors (Lipinski definition) is 3. The van der Waals surface area contributed by atoms with Gasteiger partial charge in [0.1, 0.15) is 0 Å². The van der Waals surface area contributed by atoms with Gasteiger partial charge in [-0.15, -0.1) is 0 Å². The molecule has 8 nitrogen and oxygen atoms in total. The third kappa shape index (κ3) is 5.18. The highest BCUT2D eigenvalue weighted by atomic mass is 35.5. The summed E-state index contributed by atoms with van der Waals surface area (Å²) in [5, 5.41) is 7.61. The Morgan fingerprint density at radius 2 is 1.92 bits per heavy atom. The van der Waals surface area contributed by atoms with Crippen LogP contribution in [0.2, 0.25) is 10.0 Å². The highest BCUT2D eigenvalue weighted by molar-refractivity contribution is 8.14. The first kappa shape index (κ1) is 19.2. The normalized spacial score (nSPS) is 16.8. The lowest BCUT2D eigenvalue weighted by Crippen LogP contribution is -2.54. The van der Waals surface area contributed by atoms with E-state index in [9.17, 15) is 19.2 Å². The molecular formula is C14H12Cl2N4O4S. The summed E-state index contributed by atoms with van der Waals surface area (Å²) in [4.78, 5) is 50.1. The van der Waals surface area contributed by atoms with Crippen molar-refractivity contribution < 1.29 is 19.2 Å². The second-order valence-electron chi connectivity index (χ2n) is 4.81. The maximum absolute atomic E-state index is 12.0. The van der Waals surface area contributed by atoms with Crippen LogP contribution in [-0.2, 0) is 19.2 Å². The number of para-hydroxylation sites is 1. The number of hydrogen-bond acceptors (Lipinski definition) is 5. The number of aliphatic imine (C=N–C) groups is 1. The number of carbonyl (C=O) groups excluding carboxylic acids is 4. The summed E-state index contributed by atoms with van der Waals surface area (Å²) in [7, 11) is 0. The van der Waals surface area contributed by atoms with Crippen molar-refractivity contribution >= 4 is 69.4 Å². The van der Waals surface area contributed by atoms with E-state index in [0.717, 1.165) is 11.8 Å². The van der Waals surface area contributed by atoms with E-state index in [2.05, 4.69) is 20.9 Å². The Balaban J connectivity index is 1.95. The highest BCUT2D eigenvalue weighted by Gasteiger charge is 2.32. The summed E-state index contributed by atoms with van der Waals surface area (Å²) in [6.07, 6.45) is 0. The van der Waals surface area contributed by atoms with Crippen LogP contribution < -0.4 is 16.0 Å². The van der Waals surface area contributed by atoms with Crippen LogP contribution in [0, 0.1) is 0 Å². The fourth-order valence-electron chi connectivity index (χ4n) is 1.81. The van der Waals surface area contributed by atoms with Crippen LogP contribution >= 0.6 is 35.0 Å². The van der Waals surface area contributed by atoms with E-state index >= 15 is 0 Å². The molecule has 4 amide bonds. The largest absolute Gasteiger partial charge is 0.337 e. The predicted octanol–water partition coefficient (Wildman–Crippen LogP) is 1.18. The second-order valence-corrected chi connectivity index (χ2v) is 6.59. The third-order valence-corrected chi connectivity index (χ3v) is 4.37. The zero-order valence-electron chi connectivity index (χ0n) is 12.8. The zero-order chi connectivity index (χ0) is 18.6. The molecule has 0 spiro atoms. The number of rotatable bonds is 4. The van der Waals surface area contributed by atoms with Gasteiger partial charge < -0.3 is 16.0 Å². The Labute approximate surface area is 156 Å². The highest BCUT2D eigenvalue weighted by Crippen LogP contribution is 2.29. The minimum Gasteiger partial charge on any atom is -0.337 e. The Morgan fingerprint density at radius 1 is 1.28 bits per heavy atom. The van der Waals surface area contributed by atoms with Gasteiger partial charge in [-0.25, -0.2) is 0 Å². The van der Waals surface area contributed by atoms with Gasteiger partial charge in [0.15, 0.2) is 11.2 Å². The molecule has 1 heterocycles. The van der Waals surface area contributed by atoms with Gasteiger partial charge in [-0.05, 0) is 12.1 Å². The molecular weight excluding hydrogens is 391 g/mol. The van der Waals surface area contributed by atoms with Crippen LogP contribution in [0.15, 0.2) is 23.2 Å². The minimum absolute atomic E-state index is 0.0305. The Bertz CT molecular complexity index is 764. The average Bonchev–Trinajstić information content (AvgIpc) is 2.52. The molecule has 0 fully saturated rings. The SMILES string of the molecule is CC(=O)N[C@H]1C(=O)N=C(SCC(=O)Nc2c(Cl)cccc2Cl)NC1=O. The molecule has 11 heteroatoms. The number of benzene rings is 1. The van der Waals surface area contributed by atoms with Gasteiger partial charge in [0.25, 0.3) is 11.8 Å². The van der Waals surface area contributed by atoms with Crippen molar-refractivity contribution in [2.24, 2.45) is 4.99 Å². The van der Waals surface area contributed by atoms with Crippen molar-refractivity contribution in [2.75, 3.05) is 11.1 Å². The van der Waals surface area contributed by atoms with E-state index < -0.39 is 29.7 Å². The molecule has 1 atom stereocenters. The number of nitrogens with zero attached hydrogens (tertiary/aromatic N) is 1. The maximum atomic E-state index is 12.0. The predicted molar refractivity (Wildman–Crippen MR) is 95.7 cm³/mol. The molecule has 0 radical (unpaired) electrons. The van der Waals surface area contributed by atoms with E-state index in [1.807, 2.05) is 0 Å². The number of nitrogens with one attached hydrogen (secondary N) is 3. The number of halogens is 2. The molecule has 132 valence electrons. The van der Waals surface area contributed by atoms with Crippen LogP contribution in [0.3, 0.4) is 0 Å². The van der Waals surface area contributed by atoms with Crippen LogP contribution in [0.4, 0.5) is 5.69 Å². The summed E-state index contributed by atoms with van der Waals surface area (Å²) < 4.78 is 0. The van der Waals surface area contributed by atoms with Crippen molar-refractivity contribution in [3.63, 3.8) is 0 Å². The van der Waals surface area contributed by atoms with Crippen molar-refractivity contribution in [1.82, 2.24) is 10.6 Å². The van der Waals surface area contributed by atoms with Crippen LogP contribution in [0.25, 0.3) is 0 Å². The molecule has 0 bridgehead atoms. The van der Waals surface area contributed by atoms with Gasteiger partial charge in [-0.3, -0.25) is 19.2 Å². The Hall–Kier alpha value is -2.10. The molecule has 2 rings (SSSR count). The number of amidine groups is 1. The zero-order valence-corrected chi connectivity index (χ0v) is 15.1. The van der Waals surface area contributed by atoms with E-state index in [1.165, 1.54) is 6.92 Å². The first-order chi connectivity index (χ1) is 11.8. The molecule has 25 heavy (non-hydrogen) atoms. The standard InChI is InChI=1S/C14H12Cl2N4O4S/c1-6(21)17-11-12(23)19-14(20-13(11)24)25-5-9(22)18-10-7(15)3-2-4-8(10)16/h2-4,11H,5H2,1H3,(H,17,21)(H,18,22)(H,19,20,23,24). The van der Waals surface area contributed by atoms with Gasteiger partial charge in [0.2, 0.25) is 11.8 Å². The molecule has 0 aromatic heterocycles. The quantitative estimate of drug-likeness (QED) is 0.653. The van der Waals surface area contributed by atoms with Gasteiger partial charge >= 0.3 is 0 Å². The fraction of sp³-hybridized carbons (Fsp3) is 0.214. The van der Waals surface area contributed by atoms with Crippen molar-refractivity contribution in [3.8, 4) is 0 Å². The molecule has 0 unspecified atom stereocenters. The smallest absolute Gasteiger partial charge is 0.280 e. The van der Waals surface area contributed by atoms with Crippen molar-refractivity contribution in [2.45, 2.75) is 13.0 Å². The van der Waals surface area contributed by atoms with E-state index in [4.69, 9.17) is 23.2 Å². The number of anilines is 1. The molecule has 0 saturated carbocycles. The van der Waals surface area contributed by atoms with Crippen LogP contribution in [0.5, 0.6) is 0 Å². The lowest BCUT2D eigenvalue weighted by atomic mass is 10.2. The average molecular weight is 403 g/mol. The molecule has 0 saturated heterocycles. The van der Waals surface area contributed by atoms with Gasteiger partial charge in [-0.2, -0.15) is 4.99 Å². The number of carbonyl (C=O) groups is 4. The topological polar surface area (TPSA) is 117 Å². The maximum Gasteiger partial charge on any atom is 0.280 e. The number of thioether (sulfide) groups is 1. The first-order valence-corrected chi connectivity index (χ1v) is 8.59. The van der Waals surface area contributed by atoms with E-state index in [0.29, 0.717) is 0 Å². The van der Waals surface area contributed by atoms with Crippen LogP contribution in [-0.4, -0.2) is 40.6 Å². The number of amides is 4. The summed E-state index contributed by atoms with van der Waals surface area (Å²) in [6, 6.07) is 3.42. The molecule has 1 aliphatic heterocycles. The third-order valence-electron chi connectivity index (χ3n) is 2.87. The van der Waals surface area contributed by atoms with Gasteiger partial charge in [0.05, 0.1) is 21.5 Å². The molecule has 1 aromatic rings. The van der Waals surface area contributed by atoms with Gasteiger partial charge in [0, 0.05) is 6.92 Å². The van der Waals surface area contributed by atoms with Crippen molar-refractivity contribution in [3.05, 3.63) is 28.2 Å². The molecule has 3 N–H and O–H groups in total. The minimum atomic E-state index is -1.36. The summed E-state index contributed by atoms with van der Waals surface area (Å²) in [5.41, 5.74) is 0.271. The monoisotopic (exact) mass is 402 g/mol. The summed E-state index contributed by atoms with van der Waals surface area (Å²) in [6.45, 7) is 1.18. The van der Waals surface area contributed by atoms with E-state index in [1.54, 1.807) is 18.2 Å². The fourth-order valence-corrected chi connectivity index (χ4v) is 2.97. The lowest BCUT2D eigenvalue weighted by Gasteiger charge is -2.19.